The molecule has 3 aromatic rings. The Morgan fingerprint density at radius 2 is 1.63 bits per heavy atom. The fourth-order valence-electron chi connectivity index (χ4n) is 4.50. The Balaban J connectivity index is 1.23. The van der Waals surface area contributed by atoms with Crippen LogP contribution in [0.3, 0.4) is 0 Å². The molecule has 1 aliphatic heterocycles. The highest BCUT2D eigenvalue weighted by Crippen LogP contribution is 2.30. The van der Waals surface area contributed by atoms with Gasteiger partial charge in [0.2, 0.25) is 0 Å². The Hall–Kier alpha value is -3.54. The lowest BCUT2D eigenvalue weighted by Crippen LogP contribution is -2.48. The Morgan fingerprint density at radius 1 is 0.974 bits per heavy atom. The van der Waals surface area contributed by atoms with Crippen molar-refractivity contribution in [1.29, 1.82) is 0 Å². The summed E-state index contributed by atoms with van der Waals surface area (Å²) in [6.07, 6.45) is 0.330. The number of ether oxygens (including phenoxy) is 1. The average molecular weight is 533 g/mol. The summed E-state index contributed by atoms with van der Waals surface area (Å²) in [5.74, 6) is 6.71. The first kappa shape index (κ1) is 27.5. The van der Waals surface area contributed by atoms with Crippen molar-refractivity contribution in [3.8, 4) is 17.6 Å². The number of urea groups is 1. The lowest BCUT2D eigenvalue weighted by atomic mass is 9.96. The monoisotopic (exact) mass is 532 g/mol. The number of hydroxylamine groups is 2. The second kappa shape index (κ2) is 13.8. The molecule has 1 heterocycles. The molecular formula is C30H33ClN4O3. The molecule has 1 aliphatic rings. The van der Waals surface area contributed by atoms with Crippen molar-refractivity contribution in [3.05, 3.63) is 101 Å². The molecule has 0 unspecified atom stereocenters. The molecule has 3 aromatic carbocycles. The molecule has 0 radical (unpaired) electrons. The number of nitrogens with zero attached hydrogens (tertiary/aromatic N) is 3. The van der Waals surface area contributed by atoms with Crippen molar-refractivity contribution >= 4 is 17.6 Å². The van der Waals surface area contributed by atoms with E-state index in [1.54, 1.807) is 0 Å². The van der Waals surface area contributed by atoms with Crippen molar-refractivity contribution in [2.24, 2.45) is 5.73 Å². The number of carbonyl (C=O) groups excluding carboxylic acids is 1. The van der Waals surface area contributed by atoms with Crippen LogP contribution in [0, 0.1) is 11.8 Å². The van der Waals surface area contributed by atoms with E-state index in [0.29, 0.717) is 18.1 Å². The van der Waals surface area contributed by atoms with Gasteiger partial charge in [-0.3, -0.25) is 15.0 Å². The molecule has 198 valence electrons. The van der Waals surface area contributed by atoms with E-state index in [0.717, 1.165) is 49.1 Å². The topological polar surface area (TPSA) is 82.3 Å². The summed E-state index contributed by atoms with van der Waals surface area (Å²) < 4.78 is 5.96. The highest BCUT2D eigenvalue weighted by atomic mass is 35.5. The molecule has 38 heavy (non-hydrogen) atoms. The summed E-state index contributed by atoms with van der Waals surface area (Å²) in [6.45, 7) is 5.47. The number of hydrogen-bond donors (Lipinski definition) is 2. The zero-order chi connectivity index (χ0) is 26.7. The normalized spacial score (nSPS) is 14.8. The zero-order valence-corrected chi connectivity index (χ0v) is 22.1. The second-order valence-corrected chi connectivity index (χ2v) is 9.56. The number of primary amides is 1. The van der Waals surface area contributed by atoms with E-state index in [2.05, 4.69) is 64.1 Å². The average Bonchev–Trinajstić information content (AvgIpc) is 2.94. The molecule has 7 nitrogen and oxygen atoms in total. The lowest BCUT2D eigenvalue weighted by Gasteiger charge is -2.39. The van der Waals surface area contributed by atoms with Gasteiger partial charge in [-0.2, -0.15) is 0 Å². The van der Waals surface area contributed by atoms with Crippen molar-refractivity contribution in [2.75, 3.05) is 45.9 Å². The molecule has 8 heteroatoms. The van der Waals surface area contributed by atoms with Crippen LogP contribution in [-0.2, 0) is 0 Å². The van der Waals surface area contributed by atoms with Crippen molar-refractivity contribution < 1.29 is 14.7 Å². The third-order valence-corrected chi connectivity index (χ3v) is 6.79. The van der Waals surface area contributed by atoms with Crippen LogP contribution in [0.2, 0.25) is 5.02 Å². The van der Waals surface area contributed by atoms with Gasteiger partial charge in [-0.05, 0) is 47.5 Å². The van der Waals surface area contributed by atoms with E-state index >= 15 is 0 Å². The van der Waals surface area contributed by atoms with Gasteiger partial charge in [0.25, 0.3) is 0 Å². The van der Waals surface area contributed by atoms with Crippen LogP contribution in [0.15, 0.2) is 78.9 Å². The highest BCUT2D eigenvalue weighted by Gasteiger charge is 2.26. The van der Waals surface area contributed by atoms with Gasteiger partial charge in [-0.25, -0.2) is 9.86 Å². The van der Waals surface area contributed by atoms with Crippen LogP contribution in [-0.4, -0.2) is 72.0 Å². The van der Waals surface area contributed by atoms with E-state index < -0.39 is 6.03 Å². The Bertz CT molecular complexity index is 1220. The highest BCUT2D eigenvalue weighted by molar-refractivity contribution is 6.30. The number of nitrogens with two attached hydrogens (primary N) is 1. The van der Waals surface area contributed by atoms with Gasteiger partial charge < -0.3 is 10.5 Å². The molecule has 0 aromatic heterocycles. The summed E-state index contributed by atoms with van der Waals surface area (Å²) in [7, 11) is 0. The summed E-state index contributed by atoms with van der Waals surface area (Å²) in [4.78, 5) is 15.8. The van der Waals surface area contributed by atoms with Crippen LogP contribution >= 0.6 is 11.6 Å². The van der Waals surface area contributed by atoms with E-state index in [-0.39, 0.29) is 12.6 Å². The Labute approximate surface area is 229 Å². The molecule has 1 fully saturated rings. The van der Waals surface area contributed by atoms with E-state index in [1.807, 2.05) is 36.4 Å². The van der Waals surface area contributed by atoms with Crippen LogP contribution < -0.4 is 10.5 Å². The largest absolute Gasteiger partial charge is 0.492 e. The first-order chi connectivity index (χ1) is 18.5. The number of halogens is 1. The van der Waals surface area contributed by atoms with Gasteiger partial charge in [-0.1, -0.05) is 65.9 Å². The third-order valence-electron chi connectivity index (χ3n) is 6.54. The lowest BCUT2D eigenvalue weighted by molar-refractivity contribution is -0.0372. The van der Waals surface area contributed by atoms with E-state index in [1.165, 1.54) is 11.1 Å². The van der Waals surface area contributed by atoms with Gasteiger partial charge in [0.1, 0.15) is 12.4 Å². The predicted molar refractivity (Wildman–Crippen MR) is 149 cm³/mol. The fourth-order valence-corrected chi connectivity index (χ4v) is 4.63. The number of carbonyl (C=O) groups is 1. The number of hydrogen-bond acceptors (Lipinski definition) is 5. The molecule has 2 amide bonds. The molecular weight excluding hydrogens is 500 g/mol. The third kappa shape index (κ3) is 7.98. The van der Waals surface area contributed by atoms with Gasteiger partial charge >= 0.3 is 6.03 Å². The van der Waals surface area contributed by atoms with Crippen LogP contribution in [0.4, 0.5) is 4.79 Å². The number of piperazine rings is 1. The maximum atomic E-state index is 10.8. The van der Waals surface area contributed by atoms with Crippen molar-refractivity contribution in [3.63, 3.8) is 0 Å². The standard InChI is InChI=1S/C30H33ClN4O3/c31-27-13-11-26(12-14-27)29(25-7-2-1-3-8-25)34-20-18-33(19-21-34)22-23-38-28-15-9-24(10-16-28)6-4-5-17-35(37)30(32)36/h1-3,7-16,29,37H,5,17-23H2,(H2,32,36)/t29-/m1/s1. The molecule has 3 N–H and O–H groups in total. The Kier molecular flexibility index (Phi) is 10.0. The van der Waals surface area contributed by atoms with E-state index in [9.17, 15) is 10.0 Å². The number of benzene rings is 3. The Morgan fingerprint density at radius 3 is 2.29 bits per heavy atom. The van der Waals surface area contributed by atoms with Crippen LogP contribution in [0.25, 0.3) is 0 Å². The molecule has 4 rings (SSSR count). The molecule has 0 spiro atoms. The van der Waals surface area contributed by atoms with Crippen molar-refractivity contribution in [1.82, 2.24) is 14.9 Å². The molecule has 0 saturated carbocycles. The summed E-state index contributed by atoms with van der Waals surface area (Å²) in [5, 5.41) is 10.4. The smallest absolute Gasteiger partial charge is 0.338 e. The maximum absolute atomic E-state index is 10.8. The van der Waals surface area contributed by atoms with Gasteiger partial charge in [0, 0.05) is 49.7 Å². The van der Waals surface area contributed by atoms with Crippen molar-refractivity contribution in [2.45, 2.75) is 12.5 Å². The summed E-state index contributed by atoms with van der Waals surface area (Å²) in [6, 6.07) is 25.8. The van der Waals surface area contributed by atoms with Gasteiger partial charge in [-0.15, -0.1) is 0 Å². The van der Waals surface area contributed by atoms with Gasteiger partial charge in [0.15, 0.2) is 0 Å². The minimum Gasteiger partial charge on any atom is -0.492 e. The summed E-state index contributed by atoms with van der Waals surface area (Å²) in [5.41, 5.74) is 8.35. The van der Waals surface area contributed by atoms with Crippen LogP contribution in [0.1, 0.15) is 29.2 Å². The van der Waals surface area contributed by atoms with Gasteiger partial charge in [0.05, 0.1) is 12.6 Å². The molecule has 0 aliphatic carbocycles. The first-order valence-corrected chi connectivity index (χ1v) is 13.1. The maximum Gasteiger partial charge on any atom is 0.338 e. The quantitative estimate of drug-likeness (QED) is 0.238. The SMILES string of the molecule is NC(=O)N(O)CCC#Cc1ccc(OCCN2CCN([C@H](c3ccccc3)c3ccc(Cl)cc3)CC2)cc1. The predicted octanol–water partition coefficient (Wildman–Crippen LogP) is 4.64. The minimum absolute atomic E-state index is 0.0752. The molecule has 1 atom stereocenters. The molecule has 1 saturated heterocycles. The zero-order valence-electron chi connectivity index (χ0n) is 21.3. The minimum atomic E-state index is -0.885. The van der Waals surface area contributed by atoms with E-state index in [4.69, 9.17) is 22.1 Å². The number of rotatable bonds is 9. The van der Waals surface area contributed by atoms with Crippen LogP contribution in [0.5, 0.6) is 5.75 Å². The second-order valence-electron chi connectivity index (χ2n) is 9.13. The fraction of sp³-hybridized carbons (Fsp3) is 0.300. The number of amides is 2. The first-order valence-electron chi connectivity index (χ1n) is 12.7. The summed E-state index contributed by atoms with van der Waals surface area (Å²) >= 11 is 6.15. The molecule has 0 bridgehead atoms.